The maximum Gasteiger partial charge on any atom is 0.243 e. The van der Waals surface area contributed by atoms with Crippen molar-refractivity contribution in [2.75, 3.05) is 6.54 Å². The molecule has 2 aromatic rings. The number of hydrogen-bond donors (Lipinski definition) is 0. The van der Waals surface area contributed by atoms with Gasteiger partial charge in [-0.1, -0.05) is 31.1 Å². The molecule has 0 amide bonds. The third kappa shape index (κ3) is 3.51. The van der Waals surface area contributed by atoms with Crippen LogP contribution >= 0.6 is 0 Å². The van der Waals surface area contributed by atoms with E-state index >= 15 is 0 Å². The second kappa shape index (κ2) is 6.92. The Bertz CT molecular complexity index is 819. The normalized spacial score (nSPS) is 19.0. The van der Waals surface area contributed by atoms with Crippen molar-refractivity contribution < 1.29 is 12.9 Å². The van der Waals surface area contributed by atoms with Crippen LogP contribution in [0, 0.1) is 19.8 Å². The Kier molecular flexibility index (Phi) is 5.02. The van der Waals surface area contributed by atoms with E-state index in [0.717, 1.165) is 36.1 Å². The molecule has 0 radical (unpaired) electrons. The molecule has 0 N–H and O–H groups in total. The molecule has 1 aliphatic heterocycles. The van der Waals surface area contributed by atoms with Gasteiger partial charge in [-0.25, -0.2) is 8.42 Å². The summed E-state index contributed by atoms with van der Waals surface area (Å²) < 4.78 is 33.2. The first-order valence-corrected chi connectivity index (χ1v) is 10.3. The summed E-state index contributed by atoms with van der Waals surface area (Å²) in [5.41, 5.74) is 2.85. The first-order chi connectivity index (χ1) is 11.8. The van der Waals surface area contributed by atoms with Crippen LogP contribution in [0.2, 0.25) is 0 Å². The van der Waals surface area contributed by atoms with Gasteiger partial charge in [0, 0.05) is 12.1 Å². The van der Waals surface area contributed by atoms with Crippen molar-refractivity contribution in [3.63, 3.8) is 0 Å². The van der Waals surface area contributed by atoms with Crippen LogP contribution in [0.5, 0.6) is 0 Å². The molecule has 0 spiro atoms. The average Bonchev–Trinajstić information content (AvgIpc) is 3.14. The molecule has 1 atom stereocenters. The molecule has 1 aliphatic rings. The Morgan fingerprint density at radius 1 is 1.24 bits per heavy atom. The highest BCUT2D eigenvalue weighted by molar-refractivity contribution is 7.89. The van der Waals surface area contributed by atoms with Crippen molar-refractivity contribution in [3.8, 4) is 0 Å². The average molecular weight is 362 g/mol. The number of nitrogens with zero attached hydrogens (tertiary/aromatic N) is 2. The van der Waals surface area contributed by atoms with Crippen LogP contribution in [0.25, 0.3) is 0 Å². The lowest BCUT2D eigenvalue weighted by Crippen LogP contribution is -2.31. The van der Waals surface area contributed by atoms with Crippen molar-refractivity contribution in [2.24, 2.45) is 5.92 Å². The number of rotatable bonds is 5. The maximum atomic E-state index is 13.2. The van der Waals surface area contributed by atoms with Gasteiger partial charge < -0.3 is 4.52 Å². The molecule has 1 aromatic heterocycles. The molecule has 0 saturated carbocycles. The van der Waals surface area contributed by atoms with E-state index in [-0.39, 0.29) is 6.04 Å². The van der Waals surface area contributed by atoms with E-state index in [1.54, 1.807) is 16.4 Å². The minimum absolute atomic E-state index is 0.188. The summed E-state index contributed by atoms with van der Waals surface area (Å²) >= 11 is 0. The highest BCUT2D eigenvalue weighted by atomic mass is 32.2. The van der Waals surface area contributed by atoms with Crippen LogP contribution in [0.1, 0.15) is 55.3 Å². The zero-order valence-electron chi connectivity index (χ0n) is 15.3. The smallest absolute Gasteiger partial charge is 0.243 e. The lowest BCUT2D eigenvalue weighted by molar-refractivity contribution is 0.376. The molecule has 0 unspecified atom stereocenters. The summed E-state index contributed by atoms with van der Waals surface area (Å²) in [7, 11) is -3.53. The van der Waals surface area contributed by atoms with Crippen molar-refractivity contribution in [2.45, 2.75) is 57.9 Å². The molecule has 1 fully saturated rings. The lowest BCUT2D eigenvalue weighted by atomic mass is 10.0. The Morgan fingerprint density at radius 2 is 1.92 bits per heavy atom. The largest absolute Gasteiger partial charge is 0.361 e. The summed E-state index contributed by atoms with van der Waals surface area (Å²) in [5, 5.41) is 3.99. The predicted octanol–water partition coefficient (Wildman–Crippen LogP) is 4.02. The van der Waals surface area contributed by atoms with Gasteiger partial charge in [0.25, 0.3) is 0 Å². The molecule has 3 rings (SSSR count). The predicted molar refractivity (Wildman–Crippen MR) is 96.8 cm³/mol. The molecule has 1 aromatic carbocycles. The molecular weight excluding hydrogens is 336 g/mol. The SMILES string of the molecule is Cc1noc(C)c1[C@@H]1CCCN1S(=O)(=O)c1ccc(CC(C)C)cc1. The van der Waals surface area contributed by atoms with Crippen LogP contribution in [-0.4, -0.2) is 24.4 Å². The number of aryl methyl sites for hydroxylation is 2. The molecule has 1 saturated heterocycles. The van der Waals surface area contributed by atoms with E-state index < -0.39 is 10.0 Å². The second-order valence-electron chi connectivity index (χ2n) is 7.25. The fourth-order valence-corrected chi connectivity index (χ4v) is 5.35. The highest BCUT2D eigenvalue weighted by Crippen LogP contribution is 2.39. The third-order valence-electron chi connectivity index (χ3n) is 4.80. The minimum Gasteiger partial charge on any atom is -0.361 e. The molecule has 25 heavy (non-hydrogen) atoms. The fourth-order valence-electron chi connectivity index (χ4n) is 3.69. The molecule has 6 heteroatoms. The number of hydrogen-bond acceptors (Lipinski definition) is 4. The van der Waals surface area contributed by atoms with Gasteiger partial charge >= 0.3 is 0 Å². The van der Waals surface area contributed by atoms with E-state index in [1.165, 1.54) is 0 Å². The van der Waals surface area contributed by atoms with Gasteiger partial charge in [0.1, 0.15) is 5.76 Å². The summed E-state index contributed by atoms with van der Waals surface area (Å²) in [6, 6.07) is 7.12. The maximum absolute atomic E-state index is 13.2. The van der Waals surface area contributed by atoms with Crippen LogP contribution in [0.3, 0.4) is 0 Å². The van der Waals surface area contributed by atoms with Crippen LogP contribution in [0.15, 0.2) is 33.7 Å². The third-order valence-corrected chi connectivity index (χ3v) is 6.72. The lowest BCUT2D eigenvalue weighted by Gasteiger charge is -2.24. The first-order valence-electron chi connectivity index (χ1n) is 8.84. The van der Waals surface area contributed by atoms with Crippen LogP contribution < -0.4 is 0 Å². The topological polar surface area (TPSA) is 63.4 Å². The zero-order chi connectivity index (χ0) is 18.2. The second-order valence-corrected chi connectivity index (χ2v) is 9.14. The van der Waals surface area contributed by atoms with Gasteiger partial charge in [0.2, 0.25) is 10.0 Å². The number of aromatic nitrogens is 1. The summed E-state index contributed by atoms with van der Waals surface area (Å²) in [5.74, 6) is 1.25. The Hall–Kier alpha value is -1.66. The van der Waals surface area contributed by atoms with Crippen molar-refractivity contribution >= 4 is 10.0 Å². The van der Waals surface area contributed by atoms with Gasteiger partial charge in [-0.15, -0.1) is 0 Å². The van der Waals surface area contributed by atoms with E-state index in [0.29, 0.717) is 23.1 Å². The highest BCUT2D eigenvalue weighted by Gasteiger charge is 2.38. The van der Waals surface area contributed by atoms with E-state index in [9.17, 15) is 8.42 Å². The van der Waals surface area contributed by atoms with Gasteiger partial charge in [0.05, 0.1) is 16.6 Å². The standard InChI is InChI=1S/C19H26N2O3S/c1-13(2)12-16-7-9-17(10-8-16)25(22,23)21-11-5-6-18(21)19-14(3)20-24-15(19)4/h7-10,13,18H,5-6,11-12H2,1-4H3/t18-/m0/s1. The monoisotopic (exact) mass is 362 g/mol. The Balaban J connectivity index is 1.91. The van der Waals surface area contributed by atoms with Crippen molar-refractivity contribution in [1.82, 2.24) is 9.46 Å². The van der Waals surface area contributed by atoms with E-state index in [1.807, 2.05) is 26.0 Å². The van der Waals surface area contributed by atoms with Gasteiger partial charge in [-0.3, -0.25) is 0 Å². The molecule has 2 heterocycles. The van der Waals surface area contributed by atoms with Gasteiger partial charge in [-0.05, 0) is 56.7 Å². The molecule has 0 aliphatic carbocycles. The fraction of sp³-hybridized carbons (Fsp3) is 0.526. The van der Waals surface area contributed by atoms with E-state index in [2.05, 4.69) is 19.0 Å². The van der Waals surface area contributed by atoms with E-state index in [4.69, 9.17) is 4.52 Å². The van der Waals surface area contributed by atoms with Gasteiger partial charge in [-0.2, -0.15) is 4.31 Å². The number of benzene rings is 1. The quantitative estimate of drug-likeness (QED) is 0.806. The summed E-state index contributed by atoms with van der Waals surface area (Å²) in [4.78, 5) is 0.360. The molecule has 136 valence electrons. The Labute approximate surface area is 150 Å². The zero-order valence-corrected chi connectivity index (χ0v) is 16.1. The van der Waals surface area contributed by atoms with Crippen molar-refractivity contribution in [1.29, 1.82) is 0 Å². The first kappa shape index (κ1) is 18.1. The van der Waals surface area contributed by atoms with Crippen LogP contribution in [0.4, 0.5) is 0 Å². The molecular formula is C19H26N2O3S. The minimum atomic E-state index is -3.53. The molecule has 0 bridgehead atoms. The Morgan fingerprint density at radius 3 is 2.48 bits per heavy atom. The summed E-state index contributed by atoms with van der Waals surface area (Å²) in [6.07, 6.45) is 2.60. The van der Waals surface area contributed by atoms with Gasteiger partial charge in [0.15, 0.2) is 0 Å². The molecule has 5 nitrogen and oxygen atoms in total. The van der Waals surface area contributed by atoms with Crippen molar-refractivity contribution in [3.05, 3.63) is 46.8 Å². The van der Waals surface area contributed by atoms with Crippen LogP contribution in [-0.2, 0) is 16.4 Å². The number of sulfonamides is 1. The summed E-state index contributed by atoms with van der Waals surface area (Å²) in [6.45, 7) is 8.56.